The van der Waals surface area contributed by atoms with Gasteiger partial charge in [0.25, 0.3) is 0 Å². The van der Waals surface area contributed by atoms with Gasteiger partial charge in [0, 0.05) is 19.4 Å². The highest BCUT2D eigenvalue weighted by Gasteiger charge is 2.17. The molecule has 0 aliphatic rings. The maximum absolute atomic E-state index is 12.8. The fourth-order valence-corrected chi connectivity index (χ4v) is 7.34. The molecule has 0 fully saturated rings. The van der Waals surface area contributed by atoms with Crippen molar-refractivity contribution in [1.29, 1.82) is 0 Å². The highest BCUT2D eigenvalue weighted by Crippen LogP contribution is 2.14. The van der Waals surface area contributed by atoms with E-state index in [1.54, 1.807) is 0 Å². The lowest BCUT2D eigenvalue weighted by atomic mass is 10.1. The van der Waals surface area contributed by atoms with E-state index in [0.29, 0.717) is 19.4 Å². The fraction of sp³-hybridized carbons (Fsp3) is 0.729. The van der Waals surface area contributed by atoms with Crippen LogP contribution in [0.2, 0.25) is 0 Å². The van der Waals surface area contributed by atoms with Crippen molar-refractivity contribution >= 4 is 11.9 Å². The average Bonchev–Trinajstić information content (AvgIpc) is 3.30. The standard InChI is InChI=1S/C59H102O5/c1-4-7-10-13-16-19-22-24-26-28-30-31-33-35-38-40-43-46-49-52-58(60)63-56-57(64-59(61)53-50-47-44-41-37-21-18-15-12-9-6-3)55-62-54-51-48-45-42-39-36-34-32-29-27-25-23-20-17-14-11-8-5-2/h7,10,15-16,18-19,24-27,30-31,35,38,57H,4-6,8-9,11-14,17,20-23,28-29,32-34,36-37,39-56H2,1-3H3/b10-7-,18-15-,19-16-,26-24-,27-25-,31-30-,38-35-. The highest BCUT2D eigenvalue weighted by atomic mass is 16.6. The zero-order valence-electron chi connectivity index (χ0n) is 42.3. The predicted molar refractivity (Wildman–Crippen MR) is 279 cm³/mol. The maximum atomic E-state index is 12.8. The molecule has 0 saturated carbocycles. The number of unbranched alkanes of at least 4 members (excludes halogenated alkanes) is 24. The number of hydrogen-bond acceptors (Lipinski definition) is 5. The van der Waals surface area contributed by atoms with Gasteiger partial charge in [0.15, 0.2) is 6.10 Å². The molecule has 0 aromatic rings. The molecule has 0 bridgehead atoms. The molecular weight excluding hydrogens is 789 g/mol. The lowest BCUT2D eigenvalue weighted by molar-refractivity contribution is -0.163. The molecule has 0 aliphatic carbocycles. The van der Waals surface area contributed by atoms with Crippen LogP contribution in [0.5, 0.6) is 0 Å². The summed E-state index contributed by atoms with van der Waals surface area (Å²) in [4.78, 5) is 25.4. The van der Waals surface area contributed by atoms with E-state index in [1.165, 1.54) is 122 Å². The first-order valence-corrected chi connectivity index (χ1v) is 27.1. The Balaban J connectivity index is 4.30. The molecule has 0 rings (SSSR count). The molecule has 0 saturated heterocycles. The van der Waals surface area contributed by atoms with E-state index in [9.17, 15) is 9.59 Å². The van der Waals surface area contributed by atoms with Gasteiger partial charge in [-0.15, -0.1) is 0 Å². The van der Waals surface area contributed by atoms with Crippen LogP contribution in [0.4, 0.5) is 0 Å². The molecule has 0 spiro atoms. The number of carbonyl (C=O) groups is 2. The van der Waals surface area contributed by atoms with Gasteiger partial charge in [0.2, 0.25) is 0 Å². The quantitative estimate of drug-likeness (QED) is 0.0346. The normalized spacial score (nSPS) is 12.9. The summed E-state index contributed by atoms with van der Waals surface area (Å²) < 4.78 is 17.4. The molecular formula is C59H102O5. The lowest BCUT2D eigenvalue weighted by Gasteiger charge is -2.18. The summed E-state index contributed by atoms with van der Waals surface area (Å²) in [6.07, 6.45) is 71.7. The monoisotopic (exact) mass is 891 g/mol. The van der Waals surface area contributed by atoms with Crippen molar-refractivity contribution in [3.05, 3.63) is 85.1 Å². The third-order valence-corrected chi connectivity index (χ3v) is 11.4. The van der Waals surface area contributed by atoms with Gasteiger partial charge in [-0.05, 0) is 109 Å². The summed E-state index contributed by atoms with van der Waals surface area (Å²) in [6.45, 7) is 7.63. The summed E-state index contributed by atoms with van der Waals surface area (Å²) in [5, 5.41) is 0. The second kappa shape index (κ2) is 54.4. The summed E-state index contributed by atoms with van der Waals surface area (Å²) in [5.74, 6) is -0.446. The zero-order chi connectivity index (χ0) is 46.3. The van der Waals surface area contributed by atoms with Gasteiger partial charge in [-0.2, -0.15) is 0 Å². The van der Waals surface area contributed by atoms with Gasteiger partial charge in [0.05, 0.1) is 6.61 Å². The Morgan fingerprint density at radius 3 is 1.20 bits per heavy atom. The Kier molecular flexibility index (Phi) is 51.9. The molecule has 0 aromatic heterocycles. The molecule has 1 unspecified atom stereocenters. The van der Waals surface area contributed by atoms with Gasteiger partial charge < -0.3 is 14.2 Å². The Labute approximate surface area is 397 Å². The number of carbonyl (C=O) groups excluding carboxylic acids is 2. The van der Waals surface area contributed by atoms with Crippen LogP contribution < -0.4 is 0 Å². The summed E-state index contributed by atoms with van der Waals surface area (Å²) in [5.41, 5.74) is 0. The fourth-order valence-electron chi connectivity index (χ4n) is 7.34. The first-order chi connectivity index (χ1) is 31.6. The Hall–Kier alpha value is -2.92. The molecule has 5 heteroatoms. The number of rotatable bonds is 49. The number of esters is 2. The lowest BCUT2D eigenvalue weighted by Crippen LogP contribution is -2.30. The minimum Gasteiger partial charge on any atom is -0.462 e. The first kappa shape index (κ1) is 61.1. The molecule has 0 amide bonds. The third kappa shape index (κ3) is 51.7. The van der Waals surface area contributed by atoms with E-state index in [0.717, 1.165) is 96.3 Å². The zero-order valence-corrected chi connectivity index (χ0v) is 42.3. The molecule has 0 heterocycles. The van der Waals surface area contributed by atoms with Crippen molar-refractivity contribution in [1.82, 2.24) is 0 Å². The van der Waals surface area contributed by atoms with E-state index in [-0.39, 0.29) is 25.2 Å². The van der Waals surface area contributed by atoms with E-state index >= 15 is 0 Å². The molecule has 5 nitrogen and oxygen atoms in total. The van der Waals surface area contributed by atoms with Crippen molar-refractivity contribution in [2.75, 3.05) is 19.8 Å². The maximum Gasteiger partial charge on any atom is 0.306 e. The Bertz CT molecular complexity index is 1190. The summed E-state index contributed by atoms with van der Waals surface area (Å²) >= 11 is 0. The van der Waals surface area contributed by atoms with Crippen molar-refractivity contribution in [2.45, 2.75) is 258 Å². The molecule has 368 valence electrons. The van der Waals surface area contributed by atoms with Crippen LogP contribution in [0.1, 0.15) is 252 Å². The van der Waals surface area contributed by atoms with Crippen molar-refractivity contribution in [3.63, 3.8) is 0 Å². The second-order valence-corrected chi connectivity index (χ2v) is 17.7. The van der Waals surface area contributed by atoms with Crippen LogP contribution in [-0.2, 0) is 23.8 Å². The van der Waals surface area contributed by atoms with Crippen molar-refractivity contribution in [3.8, 4) is 0 Å². The number of allylic oxidation sites excluding steroid dienone is 14. The van der Waals surface area contributed by atoms with Gasteiger partial charge in [-0.3, -0.25) is 9.59 Å². The van der Waals surface area contributed by atoms with E-state index in [1.807, 2.05) is 0 Å². The van der Waals surface area contributed by atoms with Crippen LogP contribution in [0.15, 0.2) is 85.1 Å². The van der Waals surface area contributed by atoms with Crippen LogP contribution in [0, 0.1) is 0 Å². The van der Waals surface area contributed by atoms with E-state index in [4.69, 9.17) is 14.2 Å². The summed E-state index contributed by atoms with van der Waals surface area (Å²) in [6, 6.07) is 0. The van der Waals surface area contributed by atoms with Gasteiger partial charge in [-0.1, -0.05) is 215 Å². The number of hydrogen-bond donors (Lipinski definition) is 0. The second-order valence-electron chi connectivity index (χ2n) is 17.7. The smallest absolute Gasteiger partial charge is 0.306 e. The third-order valence-electron chi connectivity index (χ3n) is 11.4. The SMILES string of the molecule is CC/C=C\C/C=C\C/C=C\C/C=C\C/C=C\CCCCCC(=O)OCC(COCCCCCCCCCC/C=C\CCCCCCCC)OC(=O)CCCCCCC/C=C\CCCC. The van der Waals surface area contributed by atoms with Crippen LogP contribution in [0.3, 0.4) is 0 Å². The minimum atomic E-state index is -0.559. The predicted octanol–water partition coefficient (Wildman–Crippen LogP) is 18.5. The molecule has 0 aromatic carbocycles. The molecule has 0 radical (unpaired) electrons. The van der Waals surface area contributed by atoms with Crippen LogP contribution >= 0.6 is 0 Å². The molecule has 0 N–H and O–H groups in total. The van der Waals surface area contributed by atoms with E-state index < -0.39 is 6.10 Å². The summed E-state index contributed by atoms with van der Waals surface area (Å²) in [7, 11) is 0. The molecule has 64 heavy (non-hydrogen) atoms. The Morgan fingerprint density at radius 1 is 0.359 bits per heavy atom. The van der Waals surface area contributed by atoms with Crippen molar-refractivity contribution in [2.24, 2.45) is 0 Å². The van der Waals surface area contributed by atoms with Gasteiger partial charge >= 0.3 is 11.9 Å². The minimum absolute atomic E-state index is 0.0608. The average molecular weight is 891 g/mol. The van der Waals surface area contributed by atoms with Gasteiger partial charge in [0.1, 0.15) is 6.61 Å². The van der Waals surface area contributed by atoms with Gasteiger partial charge in [-0.25, -0.2) is 0 Å². The molecule has 1 atom stereocenters. The van der Waals surface area contributed by atoms with Crippen LogP contribution in [-0.4, -0.2) is 37.9 Å². The van der Waals surface area contributed by atoms with Crippen LogP contribution in [0.25, 0.3) is 0 Å². The number of ether oxygens (including phenoxy) is 3. The molecule has 0 aliphatic heterocycles. The van der Waals surface area contributed by atoms with E-state index in [2.05, 4.69) is 106 Å². The largest absolute Gasteiger partial charge is 0.462 e. The first-order valence-electron chi connectivity index (χ1n) is 27.1. The topological polar surface area (TPSA) is 61.8 Å². The Morgan fingerprint density at radius 2 is 0.719 bits per heavy atom. The highest BCUT2D eigenvalue weighted by molar-refractivity contribution is 5.70. The van der Waals surface area contributed by atoms with Crippen molar-refractivity contribution < 1.29 is 23.8 Å².